The molecule has 12 nitrogen and oxygen atoms in total. The molecule has 14 heteroatoms. The molecule has 2 fully saturated rings. The van der Waals surface area contributed by atoms with Gasteiger partial charge in [0.25, 0.3) is 5.91 Å². The van der Waals surface area contributed by atoms with E-state index in [0.717, 1.165) is 47.3 Å². The number of nitrogens with zero attached hydrogens (tertiary/aromatic N) is 3. The Kier molecular flexibility index (Phi) is 11.5. The number of thiazole rings is 1. The molecule has 2 N–H and O–H groups in total. The molecule has 1 aromatic carbocycles. The Morgan fingerprint density at radius 1 is 1.13 bits per heavy atom. The van der Waals surface area contributed by atoms with Crippen LogP contribution in [0.1, 0.15) is 103 Å². The van der Waals surface area contributed by atoms with Gasteiger partial charge in [-0.2, -0.15) is 0 Å². The van der Waals surface area contributed by atoms with Gasteiger partial charge in [-0.25, -0.2) is 18.4 Å². The topological polar surface area (TPSA) is 157 Å². The molecule has 6 rings (SSSR count). The van der Waals surface area contributed by atoms with Crippen molar-refractivity contribution in [3.05, 3.63) is 47.0 Å². The van der Waals surface area contributed by atoms with E-state index in [4.69, 9.17) is 19.4 Å². The second-order valence-corrected chi connectivity index (χ2v) is 17.9. The van der Waals surface area contributed by atoms with Crippen LogP contribution < -0.4 is 19.5 Å². The second-order valence-electron chi connectivity index (χ2n) is 14.9. The van der Waals surface area contributed by atoms with Gasteiger partial charge in [0.2, 0.25) is 21.8 Å². The summed E-state index contributed by atoms with van der Waals surface area (Å²) >= 11 is 1.51. The number of hydrogen-bond acceptors (Lipinski definition) is 10. The number of methoxy groups -OCH3 is 1. The largest absolute Gasteiger partial charge is 0.496 e. The average molecular weight is 766 g/mol. The van der Waals surface area contributed by atoms with Crippen LogP contribution in [-0.2, 0) is 24.4 Å². The number of carbonyl (C=O) groups excluding carboxylic acids is 3. The van der Waals surface area contributed by atoms with Gasteiger partial charge in [0.05, 0.1) is 30.1 Å². The molecule has 3 aliphatic rings. The molecule has 0 bridgehead atoms. The van der Waals surface area contributed by atoms with Crippen LogP contribution in [0.3, 0.4) is 0 Å². The van der Waals surface area contributed by atoms with E-state index in [1.807, 2.05) is 42.7 Å². The first-order chi connectivity index (χ1) is 25.3. The second kappa shape index (κ2) is 15.7. The minimum atomic E-state index is -3.95. The zero-order chi connectivity index (χ0) is 38.1. The number of allylic oxidation sites excluding steroid dienone is 1. The molecule has 4 heterocycles. The van der Waals surface area contributed by atoms with Crippen molar-refractivity contribution in [2.24, 2.45) is 5.92 Å². The molecule has 2 aromatic heterocycles. The molecular formula is C39H51N5O7S2. The van der Waals surface area contributed by atoms with E-state index in [1.165, 1.54) is 11.3 Å². The number of aryl methyl sites for hydroxylation is 1. The van der Waals surface area contributed by atoms with Crippen molar-refractivity contribution >= 4 is 50.0 Å². The van der Waals surface area contributed by atoms with E-state index in [2.05, 4.69) is 23.9 Å². The van der Waals surface area contributed by atoms with E-state index in [9.17, 15) is 22.8 Å². The molecule has 53 heavy (non-hydrogen) atoms. The highest BCUT2D eigenvalue weighted by molar-refractivity contribution is 7.90. The average Bonchev–Trinajstić information content (AvgIpc) is 3.42. The number of carbonyl (C=O) groups is 3. The number of aromatic nitrogens is 2. The van der Waals surface area contributed by atoms with Crippen molar-refractivity contribution < 1.29 is 32.3 Å². The van der Waals surface area contributed by atoms with Crippen LogP contribution in [0.5, 0.6) is 11.5 Å². The predicted octanol–water partition coefficient (Wildman–Crippen LogP) is 6.18. The fraction of sp³-hybridized carbons (Fsp3) is 0.564. The van der Waals surface area contributed by atoms with Crippen LogP contribution in [0.2, 0.25) is 0 Å². The Balaban J connectivity index is 1.32. The molecule has 0 spiro atoms. The Morgan fingerprint density at radius 2 is 1.91 bits per heavy atom. The van der Waals surface area contributed by atoms with Crippen LogP contribution >= 0.6 is 11.3 Å². The van der Waals surface area contributed by atoms with Gasteiger partial charge in [0.15, 0.2) is 0 Å². The molecule has 1 unspecified atom stereocenters. The summed E-state index contributed by atoms with van der Waals surface area (Å²) in [5, 5.41) is 5.70. The number of benzene rings is 1. The normalized spacial score (nSPS) is 25.1. The lowest BCUT2D eigenvalue weighted by Gasteiger charge is -2.26. The molecule has 0 radical (unpaired) electrons. The first kappa shape index (κ1) is 38.7. The van der Waals surface area contributed by atoms with E-state index in [-0.39, 0.29) is 43.6 Å². The van der Waals surface area contributed by atoms with Crippen LogP contribution in [0, 0.1) is 12.8 Å². The Bertz CT molecular complexity index is 2010. The van der Waals surface area contributed by atoms with Gasteiger partial charge in [-0.05, 0) is 64.0 Å². The van der Waals surface area contributed by atoms with Crippen molar-refractivity contribution in [2.75, 3.05) is 13.7 Å². The number of sulfonamides is 1. The highest BCUT2D eigenvalue weighted by Crippen LogP contribution is 2.46. The third kappa shape index (κ3) is 8.08. The molecule has 3 amide bonds. The maximum atomic E-state index is 14.3. The van der Waals surface area contributed by atoms with Gasteiger partial charge >= 0.3 is 0 Å². The number of ether oxygens (including phenoxy) is 2. The molecule has 3 aromatic rings. The summed E-state index contributed by atoms with van der Waals surface area (Å²) in [5.41, 5.74) is 1.73. The van der Waals surface area contributed by atoms with Crippen molar-refractivity contribution in [1.29, 1.82) is 0 Å². The van der Waals surface area contributed by atoms with Crippen LogP contribution in [0.15, 0.2) is 35.7 Å². The Hall–Kier alpha value is -4.04. The molecular weight excluding hydrogens is 715 g/mol. The summed E-state index contributed by atoms with van der Waals surface area (Å²) in [6, 6.07) is 4.72. The fourth-order valence-electron chi connectivity index (χ4n) is 7.18. The fourth-order valence-corrected chi connectivity index (χ4v) is 9.21. The van der Waals surface area contributed by atoms with Crippen LogP contribution in [0.25, 0.3) is 21.6 Å². The SMILES string of the molecule is CCC(C)S(=O)(=O)NC(=O)[C@@]12C[C@@H]1/C=C\CCCCCCC(=O)N1C[C@H](Oc3cc(-c4nc(C(C)C)cs4)nc4c(C)c(OC)ccc34)C[C@H]1C(=O)N2. The maximum absolute atomic E-state index is 14.3. The summed E-state index contributed by atoms with van der Waals surface area (Å²) in [6.45, 7) is 9.58. The summed E-state index contributed by atoms with van der Waals surface area (Å²) in [7, 11) is -2.34. The molecule has 5 atom stereocenters. The van der Waals surface area contributed by atoms with E-state index >= 15 is 0 Å². The van der Waals surface area contributed by atoms with Crippen LogP contribution in [-0.4, -0.2) is 77.6 Å². The first-order valence-corrected chi connectivity index (χ1v) is 21.2. The van der Waals surface area contributed by atoms with Gasteiger partial charge in [-0.1, -0.05) is 45.8 Å². The summed E-state index contributed by atoms with van der Waals surface area (Å²) in [6.07, 6.45) is 8.70. The Morgan fingerprint density at radius 3 is 2.62 bits per heavy atom. The van der Waals surface area contributed by atoms with Gasteiger partial charge in [-0.3, -0.25) is 19.1 Å². The highest BCUT2D eigenvalue weighted by atomic mass is 32.2. The number of fused-ring (bicyclic) bond motifs is 3. The van der Waals surface area contributed by atoms with Gasteiger partial charge in [0, 0.05) is 41.2 Å². The first-order valence-electron chi connectivity index (χ1n) is 18.7. The highest BCUT2D eigenvalue weighted by Gasteiger charge is 2.61. The summed E-state index contributed by atoms with van der Waals surface area (Å²) in [5.74, 6) is -0.287. The van der Waals surface area contributed by atoms with E-state index in [0.29, 0.717) is 35.6 Å². The lowest BCUT2D eigenvalue weighted by molar-refractivity contribution is -0.139. The quantitative estimate of drug-likeness (QED) is 0.243. The van der Waals surface area contributed by atoms with E-state index < -0.39 is 44.8 Å². The third-order valence-electron chi connectivity index (χ3n) is 10.9. The summed E-state index contributed by atoms with van der Waals surface area (Å²) in [4.78, 5) is 53.2. The minimum Gasteiger partial charge on any atom is -0.496 e. The third-order valence-corrected chi connectivity index (χ3v) is 13.6. The van der Waals surface area contributed by atoms with Crippen molar-refractivity contribution in [3.63, 3.8) is 0 Å². The number of hydrogen-bond donors (Lipinski definition) is 2. The van der Waals surface area contributed by atoms with Gasteiger partial charge < -0.3 is 19.7 Å². The van der Waals surface area contributed by atoms with Gasteiger partial charge in [0.1, 0.15) is 39.9 Å². The maximum Gasteiger partial charge on any atom is 0.259 e. The molecule has 1 aliphatic carbocycles. The predicted molar refractivity (Wildman–Crippen MR) is 205 cm³/mol. The van der Waals surface area contributed by atoms with Crippen molar-refractivity contribution in [2.45, 2.75) is 121 Å². The zero-order valence-corrected chi connectivity index (χ0v) is 33.1. The molecule has 1 saturated carbocycles. The van der Waals surface area contributed by atoms with Crippen molar-refractivity contribution in [1.82, 2.24) is 24.9 Å². The lowest BCUT2D eigenvalue weighted by Crippen LogP contribution is -2.57. The van der Waals surface area contributed by atoms with E-state index in [1.54, 1.807) is 25.9 Å². The number of nitrogens with one attached hydrogen (secondary N) is 2. The number of rotatable bonds is 9. The van der Waals surface area contributed by atoms with Gasteiger partial charge in [-0.15, -0.1) is 11.3 Å². The molecule has 2 aliphatic heterocycles. The number of pyridine rings is 1. The minimum absolute atomic E-state index is 0.153. The number of amides is 3. The van der Waals surface area contributed by atoms with Crippen molar-refractivity contribution in [3.8, 4) is 22.2 Å². The lowest BCUT2D eigenvalue weighted by atomic mass is 10.1. The molecule has 286 valence electrons. The Labute approximate surface area is 316 Å². The monoisotopic (exact) mass is 765 g/mol. The summed E-state index contributed by atoms with van der Waals surface area (Å²) < 4.78 is 40.5. The smallest absolute Gasteiger partial charge is 0.259 e. The zero-order valence-electron chi connectivity index (χ0n) is 31.4. The van der Waals surface area contributed by atoms with Crippen LogP contribution in [0.4, 0.5) is 0 Å². The molecule has 1 saturated heterocycles. The standard InChI is InChI=1S/C39H51N5O7S2/c1-7-24(4)53(48,49)43-38(47)39-20-26(39)14-12-10-8-9-11-13-15-34(45)44-21-27(18-31(44)36(46)42-39)51-33-19-29(37-41-30(22-52-37)23(2)3)40-35-25(5)32(50-6)17-16-28(33)35/h12,14,16-17,19,22-24,26-27,31H,7-11,13,15,18,20-21H2,1-6H3,(H,42,46)(H,43,47)/b14-12-/t24?,26-,27+,31-,39+/m0/s1.